The maximum absolute atomic E-state index is 11.5. The van der Waals surface area contributed by atoms with Gasteiger partial charge in [-0.3, -0.25) is 9.69 Å². The summed E-state index contributed by atoms with van der Waals surface area (Å²) in [6, 6.07) is 3.73. The number of furan rings is 1. The monoisotopic (exact) mass is 330 g/mol. The van der Waals surface area contributed by atoms with Crippen LogP contribution < -0.4 is 0 Å². The smallest absolute Gasteiger partial charge is 0.241 e. The second-order valence-electron chi connectivity index (χ2n) is 6.06. The number of carbonyl (C=O) groups excluding carboxylic acids is 1. The molecular weight excluding hydrogens is 308 g/mol. The molecule has 3 rings (SSSR count). The molecule has 7 nitrogen and oxygen atoms in total. The molecule has 1 amide bonds. The summed E-state index contributed by atoms with van der Waals surface area (Å²) in [6.07, 6.45) is 4.71. The van der Waals surface area contributed by atoms with Crippen molar-refractivity contribution in [1.82, 2.24) is 19.9 Å². The van der Waals surface area contributed by atoms with Crippen molar-refractivity contribution in [3.8, 4) is 11.6 Å². The molecule has 2 aromatic rings. The van der Waals surface area contributed by atoms with Crippen LogP contribution in [0.5, 0.6) is 0 Å². The summed E-state index contributed by atoms with van der Waals surface area (Å²) in [7, 11) is 1.84. The van der Waals surface area contributed by atoms with E-state index in [9.17, 15) is 4.79 Å². The predicted octanol–water partition coefficient (Wildman–Crippen LogP) is 2.33. The molecule has 1 aliphatic rings. The molecule has 3 heterocycles. The lowest BCUT2D eigenvalue weighted by atomic mass is 10.0. The Bertz CT molecular complexity index is 720. The molecule has 2 aromatic heterocycles. The van der Waals surface area contributed by atoms with Crippen molar-refractivity contribution < 1.29 is 13.7 Å². The highest BCUT2D eigenvalue weighted by Crippen LogP contribution is 2.20. The maximum Gasteiger partial charge on any atom is 0.241 e. The van der Waals surface area contributed by atoms with Gasteiger partial charge in [0.2, 0.25) is 17.6 Å². The minimum atomic E-state index is 0.0853. The zero-order chi connectivity index (χ0) is 17.1. The van der Waals surface area contributed by atoms with Gasteiger partial charge < -0.3 is 13.8 Å². The summed E-state index contributed by atoms with van der Waals surface area (Å²) >= 11 is 0. The summed E-state index contributed by atoms with van der Waals surface area (Å²) in [5.74, 6) is 1.74. The fourth-order valence-corrected chi connectivity index (χ4v) is 2.79. The lowest BCUT2D eigenvalue weighted by Crippen LogP contribution is -2.38. The van der Waals surface area contributed by atoms with Gasteiger partial charge in [0.05, 0.1) is 12.8 Å². The van der Waals surface area contributed by atoms with E-state index < -0.39 is 0 Å². The summed E-state index contributed by atoms with van der Waals surface area (Å²) in [5.41, 5.74) is 1.30. The standard InChI is InChI=1S/C17H22N4O3/c1-12(20(3)13(2)22)14-6-8-21(9-7-14)11-16-18-17(19-24-16)15-5-4-10-23-15/h4-6,10,12H,7-9,11H2,1-3H3/t12-/m1/s1. The SMILES string of the molecule is CC(=O)N(C)[C@H](C)C1=CCN(Cc2nc(-c3ccco3)no2)CC1. The molecule has 0 radical (unpaired) electrons. The van der Waals surface area contributed by atoms with Crippen LogP contribution in [-0.2, 0) is 11.3 Å². The number of rotatable bonds is 5. The van der Waals surface area contributed by atoms with Gasteiger partial charge in [0.1, 0.15) is 0 Å². The van der Waals surface area contributed by atoms with Gasteiger partial charge in [0.15, 0.2) is 5.76 Å². The van der Waals surface area contributed by atoms with Crippen molar-refractivity contribution in [2.75, 3.05) is 20.1 Å². The number of amides is 1. The van der Waals surface area contributed by atoms with E-state index in [1.807, 2.05) is 7.05 Å². The molecule has 0 unspecified atom stereocenters. The van der Waals surface area contributed by atoms with Crippen LogP contribution in [0.15, 0.2) is 39.0 Å². The van der Waals surface area contributed by atoms with Gasteiger partial charge in [-0.25, -0.2) is 0 Å². The average Bonchev–Trinajstić information content (AvgIpc) is 3.25. The first-order valence-electron chi connectivity index (χ1n) is 8.05. The number of likely N-dealkylation sites (N-methyl/N-ethyl adjacent to an activating group) is 1. The molecule has 1 aliphatic heterocycles. The van der Waals surface area contributed by atoms with Crippen LogP contribution in [0.3, 0.4) is 0 Å². The largest absolute Gasteiger partial charge is 0.461 e. The summed E-state index contributed by atoms with van der Waals surface area (Å²) in [5, 5.41) is 3.94. The third-order valence-electron chi connectivity index (χ3n) is 4.51. The molecule has 0 N–H and O–H groups in total. The molecule has 24 heavy (non-hydrogen) atoms. The number of hydrogen-bond donors (Lipinski definition) is 0. The van der Waals surface area contributed by atoms with E-state index in [4.69, 9.17) is 8.94 Å². The second kappa shape index (κ2) is 7.00. The van der Waals surface area contributed by atoms with Crippen LogP contribution in [0.25, 0.3) is 11.6 Å². The highest BCUT2D eigenvalue weighted by molar-refractivity contribution is 5.73. The average molecular weight is 330 g/mol. The van der Waals surface area contributed by atoms with Gasteiger partial charge in [-0.15, -0.1) is 0 Å². The van der Waals surface area contributed by atoms with Crippen molar-refractivity contribution in [2.24, 2.45) is 0 Å². The Labute approximate surface area is 140 Å². The number of aromatic nitrogens is 2. The van der Waals surface area contributed by atoms with Crippen LogP contribution in [0.2, 0.25) is 0 Å². The van der Waals surface area contributed by atoms with Gasteiger partial charge in [-0.1, -0.05) is 11.2 Å². The second-order valence-corrected chi connectivity index (χ2v) is 6.06. The molecule has 0 bridgehead atoms. The molecule has 0 saturated carbocycles. The normalized spacial score (nSPS) is 16.7. The molecule has 0 spiro atoms. The molecule has 0 fully saturated rings. The van der Waals surface area contributed by atoms with Crippen molar-refractivity contribution in [3.63, 3.8) is 0 Å². The highest BCUT2D eigenvalue weighted by atomic mass is 16.5. The first-order valence-corrected chi connectivity index (χ1v) is 8.05. The number of nitrogens with zero attached hydrogens (tertiary/aromatic N) is 4. The van der Waals surface area contributed by atoms with Crippen molar-refractivity contribution in [2.45, 2.75) is 32.9 Å². The zero-order valence-electron chi connectivity index (χ0n) is 14.2. The van der Waals surface area contributed by atoms with Gasteiger partial charge in [0.25, 0.3) is 0 Å². The molecule has 1 atom stereocenters. The fourth-order valence-electron chi connectivity index (χ4n) is 2.79. The summed E-state index contributed by atoms with van der Waals surface area (Å²) in [4.78, 5) is 19.9. The Balaban J connectivity index is 1.58. The molecule has 0 aromatic carbocycles. The third-order valence-corrected chi connectivity index (χ3v) is 4.51. The predicted molar refractivity (Wildman–Crippen MR) is 87.9 cm³/mol. The van der Waals surface area contributed by atoms with Crippen LogP contribution in [-0.4, -0.2) is 52.0 Å². The van der Waals surface area contributed by atoms with E-state index in [1.54, 1.807) is 30.2 Å². The van der Waals surface area contributed by atoms with Gasteiger partial charge in [-0.2, -0.15) is 4.98 Å². The van der Waals surface area contributed by atoms with Gasteiger partial charge in [0, 0.05) is 33.1 Å². The van der Waals surface area contributed by atoms with Crippen molar-refractivity contribution in [3.05, 3.63) is 35.9 Å². The van der Waals surface area contributed by atoms with E-state index in [1.165, 1.54) is 5.57 Å². The van der Waals surface area contributed by atoms with E-state index >= 15 is 0 Å². The quantitative estimate of drug-likeness (QED) is 0.783. The van der Waals surface area contributed by atoms with Crippen LogP contribution in [0.4, 0.5) is 0 Å². The van der Waals surface area contributed by atoms with Crippen molar-refractivity contribution >= 4 is 5.91 Å². The van der Waals surface area contributed by atoms with E-state index in [-0.39, 0.29) is 11.9 Å². The number of hydrogen-bond acceptors (Lipinski definition) is 6. The van der Waals surface area contributed by atoms with E-state index in [2.05, 4.69) is 28.0 Å². The minimum absolute atomic E-state index is 0.0853. The lowest BCUT2D eigenvalue weighted by Gasteiger charge is -2.31. The summed E-state index contributed by atoms with van der Waals surface area (Å²) < 4.78 is 10.6. The first-order chi connectivity index (χ1) is 11.5. The topological polar surface area (TPSA) is 75.6 Å². The Kier molecular flexibility index (Phi) is 4.80. The molecular formula is C17H22N4O3. The van der Waals surface area contributed by atoms with Crippen LogP contribution >= 0.6 is 0 Å². The molecule has 7 heteroatoms. The van der Waals surface area contributed by atoms with Gasteiger partial charge >= 0.3 is 0 Å². The summed E-state index contributed by atoms with van der Waals surface area (Å²) in [6.45, 7) is 5.98. The van der Waals surface area contributed by atoms with E-state index in [0.29, 0.717) is 24.0 Å². The molecule has 0 saturated heterocycles. The Morgan fingerprint density at radius 1 is 1.50 bits per heavy atom. The maximum atomic E-state index is 11.5. The lowest BCUT2D eigenvalue weighted by molar-refractivity contribution is -0.128. The van der Waals surface area contributed by atoms with Crippen LogP contribution in [0, 0.1) is 0 Å². The number of carbonyl (C=O) groups is 1. The zero-order valence-corrected chi connectivity index (χ0v) is 14.2. The minimum Gasteiger partial charge on any atom is -0.461 e. The Morgan fingerprint density at radius 3 is 2.96 bits per heavy atom. The fraction of sp³-hybridized carbons (Fsp3) is 0.471. The van der Waals surface area contributed by atoms with E-state index in [0.717, 1.165) is 19.5 Å². The first kappa shape index (κ1) is 16.4. The third kappa shape index (κ3) is 3.56. The molecule has 128 valence electrons. The highest BCUT2D eigenvalue weighted by Gasteiger charge is 2.22. The molecule has 0 aliphatic carbocycles. The van der Waals surface area contributed by atoms with Crippen LogP contribution in [0.1, 0.15) is 26.2 Å². The van der Waals surface area contributed by atoms with Crippen molar-refractivity contribution in [1.29, 1.82) is 0 Å². The van der Waals surface area contributed by atoms with Gasteiger partial charge in [-0.05, 0) is 31.1 Å². The Hall–Kier alpha value is -2.41. The Morgan fingerprint density at radius 2 is 2.33 bits per heavy atom.